The summed E-state index contributed by atoms with van der Waals surface area (Å²) in [6.45, 7) is 0. The molecule has 0 saturated heterocycles. The number of pyridine rings is 1. The highest BCUT2D eigenvalue weighted by Crippen LogP contribution is 2.42. The highest BCUT2D eigenvalue weighted by atomic mass is 79.9. The second-order valence-electron chi connectivity index (χ2n) is 6.34. The number of methoxy groups -OCH3 is 3. The Morgan fingerprint density at radius 1 is 0.931 bits per heavy atom. The topological polar surface area (TPSA) is 95.3 Å². The Kier molecular flexibility index (Phi) is 5.02. The maximum atomic E-state index is 6.20. The predicted molar refractivity (Wildman–Crippen MR) is 117 cm³/mol. The van der Waals surface area contributed by atoms with Crippen molar-refractivity contribution >= 4 is 32.7 Å². The molecule has 0 atom stereocenters. The average Bonchev–Trinajstić information content (AvgIpc) is 3.15. The highest BCUT2D eigenvalue weighted by Gasteiger charge is 2.18. The zero-order valence-corrected chi connectivity index (χ0v) is 17.7. The first kappa shape index (κ1) is 19.1. The minimum atomic E-state index is 0.532. The number of nitrogens with zero attached hydrogens (tertiary/aromatic N) is 2. The number of benzene rings is 2. The summed E-state index contributed by atoms with van der Waals surface area (Å²) in [7, 11) is 4.74. The maximum absolute atomic E-state index is 6.20. The number of nitrogen functional groups attached to an aromatic ring is 1. The van der Waals surface area contributed by atoms with E-state index in [2.05, 4.69) is 31.1 Å². The minimum Gasteiger partial charge on any atom is -0.493 e. The van der Waals surface area contributed by atoms with E-state index in [0.29, 0.717) is 28.6 Å². The van der Waals surface area contributed by atoms with E-state index < -0.39 is 0 Å². The van der Waals surface area contributed by atoms with Crippen LogP contribution in [-0.4, -0.2) is 36.5 Å². The molecule has 8 heteroatoms. The van der Waals surface area contributed by atoms with Crippen LogP contribution in [0.1, 0.15) is 0 Å². The Bertz CT molecular complexity index is 1180. The number of H-pyrrole nitrogens is 1. The van der Waals surface area contributed by atoms with E-state index >= 15 is 0 Å². The van der Waals surface area contributed by atoms with Crippen molar-refractivity contribution in [1.82, 2.24) is 15.2 Å². The fourth-order valence-electron chi connectivity index (χ4n) is 3.29. The van der Waals surface area contributed by atoms with Crippen LogP contribution >= 0.6 is 15.9 Å². The minimum absolute atomic E-state index is 0.532. The van der Waals surface area contributed by atoms with E-state index in [4.69, 9.17) is 19.9 Å². The standard InChI is InChI=1S/C21H19BrN4O3/c1-27-17-7-11(8-18(28-2)20(17)29-3)19-15-6-12(10-24-21(15)26-25-19)14-5-4-13(22)9-16(14)23/h4-10H,23H2,1-3H3,(H,24,25,26). The van der Waals surface area contributed by atoms with Crippen LogP contribution in [0.4, 0.5) is 5.69 Å². The third-order valence-corrected chi connectivity index (χ3v) is 5.18. The molecule has 29 heavy (non-hydrogen) atoms. The van der Waals surface area contributed by atoms with Crippen molar-refractivity contribution in [2.45, 2.75) is 0 Å². The first-order valence-electron chi connectivity index (χ1n) is 8.75. The lowest BCUT2D eigenvalue weighted by Crippen LogP contribution is -1.96. The summed E-state index contributed by atoms with van der Waals surface area (Å²) in [5, 5.41) is 8.26. The van der Waals surface area contributed by atoms with Gasteiger partial charge in [0.05, 0.1) is 27.0 Å². The Morgan fingerprint density at radius 3 is 2.28 bits per heavy atom. The molecule has 0 saturated carbocycles. The zero-order valence-electron chi connectivity index (χ0n) is 16.1. The Hall–Kier alpha value is -3.26. The molecule has 0 bridgehead atoms. The molecule has 3 N–H and O–H groups in total. The van der Waals surface area contributed by atoms with E-state index in [1.807, 2.05) is 36.4 Å². The molecule has 148 valence electrons. The number of aromatic amines is 1. The summed E-state index contributed by atoms with van der Waals surface area (Å²) in [5.41, 5.74) is 10.9. The van der Waals surface area contributed by atoms with E-state index in [1.54, 1.807) is 27.5 Å². The van der Waals surface area contributed by atoms with Crippen molar-refractivity contribution in [1.29, 1.82) is 0 Å². The van der Waals surface area contributed by atoms with Gasteiger partial charge in [-0.25, -0.2) is 4.98 Å². The Labute approximate surface area is 175 Å². The molecule has 0 fully saturated rings. The second-order valence-corrected chi connectivity index (χ2v) is 7.26. The van der Waals surface area contributed by atoms with Gasteiger partial charge in [-0.3, -0.25) is 5.10 Å². The number of ether oxygens (including phenoxy) is 3. The predicted octanol–water partition coefficient (Wildman–Crippen LogP) is 4.66. The molecule has 0 spiro atoms. The fourth-order valence-corrected chi connectivity index (χ4v) is 3.67. The first-order valence-corrected chi connectivity index (χ1v) is 9.55. The van der Waals surface area contributed by atoms with Crippen molar-refractivity contribution in [3.8, 4) is 39.6 Å². The molecule has 2 aromatic heterocycles. The largest absolute Gasteiger partial charge is 0.493 e. The first-order chi connectivity index (χ1) is 14.0. The van der Waals surface area contributed by atoms with Crippen LogP contribution in [0.25, 0.3) is 33.4 Å². The number of aromatic nitrogens is 3. The number of rotatable bonds is 5. The van der Waals surface area contributed by atoms with Crippen LogP contribution in [0.2, 0.25) is 0 Å². The van der Waals surface area contributed by atoms with Gasteiger partial charge in [0.15, 0.2) is 17.1 Å². The van der Waals surface area contributed by atoms with Gasteiger partial charge in [0.25, 0.3) is 0 Å². The molecule has 4 aromatic rings. The summed E-state index contributed by atoms with van der Waals surface area (Å²) in [6.07, 6.45) is 1.77. The summed E-state index contributed by atoms with van der Waals surface area (Å²) in [5.74, 6) is 1.65. The molecular weight excluding hydrogens is 436 g/mol. The van der Waals surface area contributed by atoms with Gasteiger partial charge in [0.1, 0.15) is 0 Å². The SMILES string of the molecule is COc1cc(-c2[nH]nc3ncc(-c4ccc(Br)cc4N)cc23)cc(OC)c1OC. The van der Waals surface area contributed by atoms with Crippen LogP contribution in [0.3, 0.4) is 0 Å². The van der Waals surface area contributed by atoms with Crippen LogP contribution < -0.4 is 19.9 Å². The van der Waals surface area contributed by atoms with Crippen LogP contribution in [0.5, 0.6) is 17.2 Å². The normalized spacial score (nSPS) is 10.9. The van der Waals surface area contributed by atoms with E-state index in [9.17, 15) is 0 Å². The molecule has 7 nitrogen and oxygen atoms in total. The number of nitrogens with one attached hydrogen (secondary N) is 1. The van der Waals surface area contributed by atoms with Gasteiger partial charge in [0.2, 0.25) is 5.75 Å². The number of anilines is 1. The van der Waals surface area contributed by atoms with Gasteiger partial charge in [0, 0.05) is 38.4 Å². The van der Waals surface area contributed by atoms with Gasteiger partial charge in [-0.1, -0.05) is 22.0 Å². The Balaban J connectivity index is 1.89. The third-order valence-electron chi connectivity index (χ3n) is 4.69. The lowest BCUT2D eigenvalue weighted by Gasteiger charge is -2.13. The number of halogens is 1. The highest BCUT2D eigenvalue weighted by molar-refractivity contribution is 9.10. The smallest absolute Gasteiger partial charge is 0.203 e. The second kappa shape index (κ2) is 7.63. The summed E-state index contributed by atoms with van der Waals surface area (Å²) >= 11 is 3.44. The lowest BCUT2D eigenvalue weighted by molar-refractivity contribution is 0.324. The van der Waals surface area contributed by atoms with E-state index in [1.165, 1.54) is 0 Å². The van der Waals surface area contributed by atoms with Crippen molar-refractivity contribution < 1.29 is 14.2 Å². The van der Waals surface area contributed by atoms with Gasteiger partial charge in [-0.2, -0.15) is 5.10 Å². The summed E-state index contributed by atoms with van der Waals surface area (Å²) < 4.78 is 17.3. The zero-order chi connectivity index (χ0) is 20.5. The van der Waals surface area contributed by atoms with Gasteiger partial charge < -0.3 is 19.9 Å². The average molecular weight is 455 g/mol. The van der Waals surface area contributed by atoms with Gasteiger partial charge >= 0.3 is 0 Å². The van der Waals surface area contributed by atoms with Gasteiger partial charge in [-0.15, -0.1) is 0 Å². The number of nitrogens with two attached hydrogens (primary N) is 1. The van der Waals surface area contributed by atoms with Crippen LogP contribution in [0, 0.1) is 0 Å². The van der Waals surface area contributed by atoms with E-state index in [-0.39, 0.29) is 0 Å². The molecule has 0 aliphatic carbocycles. The number of hydrogen-bond acceptors (Lipinski definition) is 6. The molecule has 2 aromatic carbocycles. The van der Waals surface area contributed by atoms with Gasteiger partial charge in [-0.05, 0) is 30.3 Å². The number of hydrogen-bond donors (Lipinski definition) is 2. The third kappa shape index (κ3) is 3.36. The lowest BCUT2D eigenvalue weighted by atomic mass is 10.0. The van der Waals surface area contributed by atoms with Crippen LogP contribution in [-0.2, 0) is 0 Å². The van der Waals surface area contributed by atoms with E-state index in [0.717, 1.165) is 32.2 Å². The van der Waals surface area contributed by atoms with Crippen molar-refractivity contribution in [3.63, 3.8) is 0 Å². The Morgan fingerprint density at radius 2 is 1.66 bits per heavy atom. The molecule has 2 heterocycles. The van der Waals surface area contributed by atoms with Crippen molar-refractivity contribution in [3.05, 3.63) is 47.1 Å². The molecule has 4 rings (SSSR count). The molecule has 0 unspecified atom stereocenters. The quantitative estimate of drug-likeness (QED) is 0.425. The van der Waals surface area contributed by atoms with Crippen LogP contribution in [0.15, 0.2) is 47.1 Å². The molecular formula is C21H19BrN4O3. The van der Waals surface area contributed by atoms with Crippen molar-refractivity contribution in [2.75, 3.05) is 27.1 Å². The molecule has 0 amide bonds. The van der Waals surface area contributed by atoms with Crippen molar-refractivity contribution in [2.24, 2.45) is 0 Å². The summed E-state index contributed by atoms with van der Waals surface area (Å²) in [4.78, 5) is 4.49. The number of fused-ring (bicyclic) bond motifs is 1. The molecule has 0 radical (unpaired) electrons. The molecule has 0 aliphatic heterocycles. The molecule has 0 aliphatic rings. The summed E-state index contributed by atoms with van der Waals surface area (Å²) in [6, 6.07) is 11.5. The monoisotopic (exact) mass is 454 g/mol. The fraction of sp³-hybridized carbons (Fsp3) is 0.143. The maximum Gasteiger partial charge on any atom is 0.203 e.